The van der Waals surface area contributed by atoms with Crippen LogP contribution in [0.5, 0.6) is 0 Å². The van der Waals surface area contributed by atoms with E-state index in [1.165, 1.54) is 11.3 Å². The molecule has 0 amide bonds. The average molecular weight is 122 g/mol. The highest BCUT2D eigenvalue weighted by Gasteiger charge is 1.96. The van der Waals surface area contributed by atoms with Gasteiger partial charge in [0, 0.05) is 18.7 Å². The molecule has 0 nitrogen and oxygen atoms in total. The summed E-state index contributed by atoms with van der Waals surface area (Å²) in [7, 11) is 0. The van der Waals surface area contributed by atoms with E-state index in [1.807, 2.05) is 12.3 Å². The molecule has 1 rings (SSSR count). The van der Waals surface area contributed by atoms with Crippen LogP contribution in [0.3, 0.4) is 0 Å². The number of thiophene rings is 1. The van der Waals surface area contributed by atoms with Gasteiger partial charge in [-0.1, -0.05) is 0 Å². The van der Waals surface area contributed by atoms with Gasteiger partial charge in [0.15, 0.2) is 0 Å². The molecule has 0 spiro atoms. The lowest BCUT2D eigenvalue weighted by Crippen LogP contribution is -1.70. The van der Waals surface area contributed by atoms with E-state index >= 15 is 0 Å². The average Bonchev–Trinajstić information content (AvgIpc) is 1.98. The van der Waals surface area contributed by atoms with E-state index in [1.54, 1.807) is 0 Å². The fraction of sp³-hybridized carbons (Fsp3) is 0.143. The van der Waals surface area contributed by atoms with Crippen LogP contribution in [0.25, 0.3) is 0 Å². The molecule has 1 aromatic rings. The second-order valence-corrected chi connectivity index (χ2v) is 2.61. The summed E-state index contributed by atoms with van der Waals surface area (Å²) in [6, 6.07) is 0. The number of rotatable bonds is 0. The zero-order valence-electron chi connectivity index (χ0n) is 4.64. The second kappa shape index (κ2) is 1.90. The topological polar surface area (TPSA) is 0 Å². The second-order valence-electron chi connectivity index (χ2n) is 1.70. The van der Waals surface area contributed by atoms with Gasteiger partial charge in [-0.05, 0) is 23.4 Å². The minimum Gasteiger partial charge on any atom is -0.148 e. The lowest BCUT2D eigenvalue weighted by Gasteiger charge is -1.85. The summed E-state index contributed by atoms with van der Waals surface area (Å²) in [6.07, 6.45) is 0. The molecule has 1 heterocycles. The first-order valence-electron chi connectivity index (χ1n) is 2.31. The van der Waals surface area contributed by atoms with Crippen molar-refractivity contribution in [3.05, 3.63) is 35.2 Å². The van der Waals surface area contributed by atoms with Crippen molar-refractivity contribution in [2.24, 2.45) is 0 Å². The summed E-state index contributed by atoms with van der Waals surface area (Å²) >= 11 is 1.48. The van der Waals surface area contributed by atoms with Crippen molar-refractivity contribution < 1.29 is 0 Å². The molecule has 0 atom stereocenters. The van der Waals surface area contributed by atoms with Crippen molar-refractivity contribution >= 4 is 11.3 Å². The van der Waals surface area contributed by atoms with Crippen LogP contribution in [0.15, 0.2) is 5.38 Å². The van der Waals surface area contributed by atoms with E-state index in [0.717, 1.165) is 16.0 Å². The molecule has 40 valence electrons. The quantitative estimate of drug-likeness (QED) is 0.494. The van der Waals surface area contributed by atoms with Gasteiger partial charge in [0.25, 0.3) is 0 Å². The van der Waals surface area contributed by atoms with Crippen molar-refractivity contribution in [1.82, 2.24) is 0 Å². The molecule has 1 aromatic heterocycles. The Morgan fingerprint density at radius 2 is 2.12 bits per heavy atom. The van der Waals surface area contributed by atoms with Crippen LogP contribution < -0.4 is 0 Å². The first-order valence-corrected chi connectivity index (χ1v) is 3.19. The summed E-state index contributed by atoms with van der Waals surface area (Å²) in [5.74, 6) is 0. The molecule has 0 unspecified atom stereocenters. The van der Waals surface area contributed by atoms with Gasteiger partial charge in [0.1, 0.15) is 0 Å². The van der Waals surface area contributed by atoms with E-state index in [2.05, 4.69) is 0 Å². The van der Waals surface area contributed by atoms with Gasteiger partial charge < -0.3 is 0 Å². The minimum absolute atomic E-state index is 0.725. The predicted octanol–water partition coefficient (Wildman–Crippen LogP) is 2.17. The maximum Gasteiger partial charge on any atom is 0.0127 e. The van der Waals surface area contributed by atoms with E-state index in [4.69, 9.17) is 13.8 Å². The van der Waals surface area contributed by atoms with Crippen LogP contribution in [0.2, 0.25) is 0 Å². The highest BCUT2D eigenvalue weighted by molar-refractivity contribution is 7.10. The van der Waals surface area contributed by atoms with Crippen molar-refractivity contribution in [3.8, 4) is 0 Å². The molecular formula is C7H6S. The normalized spacial score (nSPS) is 9.88. The molecule has 0 saturated heterocycles. The Labute approximate surface area is 54.2 Å². The van der Waals surface area contributed by atoms with Gasteiger partial charge >= 0.3 is 0 Å². The lowest BCUT2D eigenvalue weighted by atomic mass is 10.2. The third-order valence-corrected chi connectivity index (χ3v) is 2.00. The van der Waals surface area contributed by atoms with E-state index in [9.17, 15) is 0 Å². The standard InChI is InChI=1S/C7H6S/c1-5-4-8-7(3)6(5)2/h2-4H,1H3. The van der Waals surface area contributed by atoms with Crippen LogP contribution in [0, 0.1) is 20.8 Å². The fourth-order valence-electron chi connectivity index (χ4n) is 0.473. The van der Waals surface area contributed by atoms with Crippen LogP contribution in [0.1, 0.15) is 16.0 Å². The number of hydrogen-bond donors (Lipinski definition) is 0. The third-order valence-electron chi connectivity index (χ3n) is 1.05. The lowest BCUT2D eigenvalue weighted by molar-refractivity contribution is 1.48. The monoisotopic (exact) mass is 122 g/mol. The van der Waals surface area contributed by atoms with Gasteiger partial charge in [-0.15, -0.1) is 11.3 Å². The van der Waals surface area contributed by atoms with Crippen LogP contribution in [-0.4, -0.2) is 0 Å². The van der Waals surface area contributed by atoms with Crippen LogP contribution in [-0.2, 0) is 0 Å². The Hall–Kier alpha value is -0.300. The number of aryl methyl sites for hydroxylation is 1. The van der Waals surface area contributed by atoms with Crippen molar-refractivity contribution in [3.63, 3.8) is 0 Å². The Kier molecular flexibility index (Phi) is 1.39. The summed E-state index contributed by atoms with van der Waals surface area (Å²) < 4.78 is 0. The molecule has 0 saturated carbocycles. The van der Waals surface area contributed by atoms with Gasteiger partial charge in [0.2, 0.25) is 0 Å². The Balaban J connectivity index is 3.19. The molecule has 0 fully saturated rings. The Bertz CT molecular complexity index is 167. The van der Waals surface area contributed by atoms with E-state index in [0.29, 0.717) is 0 Å². The summed E-state index contributed by atoms with van der Waals surface area (Å²) in [5.41, 5.74) is 1.81. The first-order chi connectivity index (χ1) is 3.72. The van der Waals surface area contributed by atoms with Crippen LogP contribution in [0.4, 0.5) is 0 Å². The molecule has 0 aromatic carbocycles. The Morgan fingerprint density at radius 3 is 2.25 bits per heavy atom. The molecule has 4 radical (unpaired) electrons. The van der Waals surface area contributed by atoms with Gasteiger partial charge in [-0.3, -0.25) is 0 Å². The van der Waals surface area contributed by atoms with Crippen LogP contribution >= 0.6 is 11.3 Å². The Morgan fingerprint density at radius 1 is 1.50 bits per heavy atom. The first kappa shape index (κ1) is 5.83. The number of hydrogen-bond acceptors (Lipinski definition) is 1. The zero-order valence-corrected chi connectivity index (χ0v) is 5.46. The highest BCUT2D eigenvalue weighted by atomic mass is 32.1. The molecule has 8 heavy (non-hydrogen) atoms. The highest BCUT2D eigenvalue weighted by Crippen LogP contribution is 2.18. The smallest absolute Gasteiger partial charge is 0.0127 e. The van der Waals surface area contributed by atoms with Crippen molar-refractivity contribution in [2.45, 2.75) is 6.92 Å². The molecule has 0 N–H and O–H groups in total. The molecule has 0 bridgehead atoms. The summed E-state index contributed by atoms with van der Waals surface area (Å²) in [6.45, 7) is 12.9. The van der Waals surface area contributed by atoms with Gasteiger partial charge in [0.05, 0.1) is 0 Å². The molecule has 0 aliphatic rings. The van der Waals surface area contributed by atoms with Gasteiger partial charge in [-0.25, -0.2) is 0 Å². The maximum atomic E-state index is 5.49. The predicted molar refractivity (Wildman–Crippen MR) is 35.9 cm³/mol. The largest absolute Gasteiger partial charge is 0.148 e. The third kappa shape index (κ3) is 0.781. The fourth-order valence-corrected chi connectivity index (χ4v) is 1.19. The van der Waals surface area contributed by atoms with E-state index < -0.39 is 0 Å². The van der Waals surface area contributed by atoms with Crippen molar-refractivity contribution in [2.75, 3.05) is 0 Å². The molecule has 0 aliphatic heterocycles. The summed E-state index contributed by atoms with van der Waals surface area (Å²) in [5, 5.41) is 1.95. The molecule has 1 heteroatoms. The summed E-state index contributed by atoms with van der Waals surface area (Å²) in [4.78, 5) is 0.725. The van der Waals surface area contributed by atoms with Crippen molar-refractivity contribution in [1.29, 1.82) is 0 Å². The minimum atomic E-state index is 0.725. The van der Waals surface area contributed by atoms with Gasteiger partial charge in [-0.2, -0.15) is 0 Å². The maximum absolute atomic E-state index is 5.49. The molecular weight excluding hydrogens is 116 g/mol. The molecule has 0 aliphatic carbocycles. The SMILES string of the molecule is [CH]c1scc(C)c1[CH]. The van der Waals surface area contributed by atoms with E-state index in [-0.39, 0.29) is 0 Å². The zero-order chi connectivity index (χ0) is 6.15.